The predicted molar refractivity (Wildman–Crippen MR) is 57.3 cm³/mol. The van der Waals surface area contributed by atoms with Gasteiger partial charge in [-0.1, -0.05) is 11.6 Å². The van der Waals surface area contributed by atoms with Crippen LogP contribution in [0.5, 0.6) is 11.5 Å². The summed E-state index contributed by atoms with van der Waals surface area (Å²) in [5.41, 5.74) is -1.30. The minimum Gasteiger partial charge on any atom is -0.421 e. The van der Waals surface area contributed by atoms with Gasteiger partial charge in [-0.25, -0.2) is 4.98 Å². The van der Waals surface area contributed by atoms with E-state index >= 15 is 0 Å². The van der Waals surface area contributed by atoms with Crippen molar-refractivity contribution in [3.8, 4) is 11.5 Å². The Morgan fingerprint density at radius 1 is 1.09 bits per heavy atom. The maximum absolute atomic E-state index is 13.1. The van der Waals surface area contributed by atoms with Crippen LogP contribution in [0.3, 0.4) is 0 Å². The van der Waals surface area contributed by atoms with Gasteiger partial charge in [-0.15, -0.1) is 0 Å². The fraction of sp³-hybridized carbons (Fsp3) is 0.300. The summed E-state index contributed by atoms with van der Waals surface area (Å²) < 4.78 is 97.8. The van der Waals surface area contributed by atoms with E-state index in [2.05, 4.69) is 14.5 Å². The van der Waals surface area contributed by atoms with Crippen LogP contribution >= 0.6 is 11.6 Å². The molecule has 2 aromatic rings. The van der Waals surface area contributed by atoms with Crippen molar-refractivity contribution < 1.29 is 40.2 Å². The van der Waals surface area contributed by atoms with Crippen molar-refractivity contribution in [2.24, 2.45) is 0 Å². The SMILES string of the molecule is FC(F)(F)c1nc2c(Cl)cc3c(c2[nH]1)OC(F)(F)C(F)(F)O3. The molecule has 2 heterocycles. The van der Waals surface area contributed by atoms with Crippen molar-refractivity contribution in [2.75, 3.05) is 0 Å². The quantitative estimate of drug-likeness (QED) is 0.725. The Labute approximate surface area is 120 Å². The first-order chi connectivity index (χ1) is 9.92. The van der Waals surface area contributed by atoms with Gasteiger partial charge in [0.25, 0.3) is 0 Å². The summed E-state index contributed by atoms with van der Waals surface area (Å²) in [5.74, 6) is -3.54. The summed E-state index contributed by atoms with van der Waals surface area (Å²) in [4.78, 5) is 4.76. The number of hydrogen-bond donors (Lipinski definition) is 1. The highest BCUT2D eigenvalue weighted by atomic mass is 35.5. The fourth-order valence-electron chi connectivity index (χ4n) is 1.78. The van der Waals surface area contributed by atoms with Crippen molar-refractivity contribution in [1.82, 2.24) is 9.97 Å². The van der Waals surface area contributed by atoms with E-state index in [9.17, 15) is 30.7 Å². The number of imidazole rings is 1. The first-order valence-electron chi connectivity index (χ1n) is 5.35. The van der Waals surface area contributed by atoms with Gasteiger partial charge in [-0.3, -0.25) is 0 Å². The van der Waals surface area contributed by atoms with E-state index < -0.39 is 51.8 Å². The third-order valence-corrected chi connectivity index (χ3v) is 3.00. The van der Waals surface area contributed by atoms with Gasteiger partial charge in [-0.05, 0) is 0 Å². The number of halogens is 8. The van der Waals surface area contributed by atoms with Crippen LogP contribution in [0.2, 0.25) is 5.02 Å². The number of hydrogen-bond acceptors (Lipinski definition) is 3. The standard InChI is InChI=1S/C10H2ClF7N2O2/c11-2-1-3-6(22-10(17,18)9(15,16)21-3)5-4(2)19-7(20-5)8(12,13)14/h1H,(H,19,20). The molecule has 0 saturated carbocycles. The highest BCUT2D eigenvalue weighted by Crippen LogP contribution is 2.51. The monoisotopic (exact) mass is 350 g/mol. The molecule has 0 spiro atoms. The second kappa shape index (κ2) is 4.09. The molecule has 22 heavy (non-hydrogen) atoms. The van der Waals surface area contributed by atoms with Crippen LogP contribution in [0.15, 0.2) is 6.07 Å². The molecule has 0 unspecified atom stereocenters. The van der Waals surface area contributed by atoms with Crippen LogP contribution < -0.4 is 9.47 Å². The molecule has 1 aromatic heterocycles. The van der Waals surface area contributed by atoms with Gasteiger partial charge in [0.15, 0.2) is 11.5 Å². The summed E-state index contributed by atoms with van der Waals surface area (Å²) in [5, 5.41) is -0.509. The Kier molecular flexibility index (Phi) is 2.79. The normalized spacial score (nSPS) is 19.5. The molecule has 0 radical (unpaired) electrons. The van der Waals surface area contributed by atoms with Gasteiger partial charge in [0.1, 0.15) is 11.0 Å². The van der Waals surface area contributed by atoms with E-state index in [-0.39, 0.29) is 0 Å². The third kappa shape index (κ3) is 2.02. The van der Waals surface area contributed by atoms with E-state index in [4.69, 9.17) is 11.6 Å². The highest BCUT2D eigenvalue weighted by Gasteiger charge is 2.66. The zero-order valence-corrected chi connectivity index (χ0v) is 10.6. The van der Waals surface area contributed by atoms with Crippen molar-refractivity contribution in [1.29, 1.82) is 0 Å². The predicted octanol–water partition coefficient (Wildman–Crippen LogP) is 4.19. The number of aromatic nitrogens is 2. The molecule has 4 nitrogen and oxygen atoms in total. The highest BCUT2D eigenvalue weighted by molar-refractivity contribution is 6.35. The Hall–Kier alpha value is -1.91. The lowest BCUT2D eigenvalue weighted by molar-refractivity contribution is -0.391. The topological polar surface area (TPSA) is 47.1 Å². The van der Waals surface area contributed by atoms with Crippen molar-refractivity contribution in [3.63, 3.8) is 0 Å². The lowest BCUT2D eigenvalue weighted by Gasteiger charge is -2.31. The van der Waals surface area contributed by atoms with Crippen LogP contribution in [-0.2, 0) is 6.18 Å². The number of H-pyrrole nitrogens is 1. The lowest BCUT2D eigenvalue weighted by atomic mass is 10.2. The van der Waals surface area contributed by atoms with Crippen LogP contribution in [-0.4, -0.2) is 22.2 Å². The zero-order chi connectivity index (χ0) is 16.5. The Morgan fingerprint density at radius 3 is 2.27 bits per heavy atom. The third-order valence-electron chi connectivity index (χ3n) is 2.71. The molecule has 1 N–H and O–H groups in total. The number of nitrogens with one attached hydrogen (secondary N) is 1. The number of fused-ring (bicyclic) bond motifs is 3. The van der Waals surface area contributed by atoms with E-state index in [0.29, 0.717) is 6.07 Å². The van der Waals surface area contributed by atoms with Crippen LogP contribution in [0.4, 0.5) is 30.7 Å². The number of alkyl halides is 7. The average Bonchev–Trinajstić information content (AvgIpc) is 2.77. The Balaban J connectivity index is 2.27. The van der Waals surface area contributed by atoms with Crippen LogP contribution in [0.25, 0.3) is 11.0 Å². The summed E-state index contributed by atoms with van der Waals surface area (Å²) in [6.07, 6.45) is -15.0. The molecule has 1 aliphatic rings. The molecule has 0 bridgehead atoms. The minimum absolute atomic E-state index is 0.509. The molecule has 0 atom stereocenters. The smallest absolute Gasteiger partial charge is 0.421 e. The van der Waals surface area contributed by atoms with Crippen molar-refractivity contribution in [2.45, 2.75) is 18.4 Å². The first-order valence-corrected chi connectivity index (χ1v) is 5.73. The summed E-state index contributed by atoms with van der Waals surface area (Å²) >= 11 is 5.60. The average molecular weight is 351 g/mol. The zero-order valence-electron chi connectivity index (χ0n) is 9.86. The molecule has 0 aliphatic carbocycles. The van der Waals surface area contributed by atoms with E-state index in [0.717, 1.165) is 0 Å². The van der Waals surface area contributed by atoms with Crippen molar-refractivity contribution in [3.05, 3.63) is 16.9 Å². The fourth-order valence-corrected chi connectivity index (χ4v) is 2.01. The van der Waals surface area contributed by atoms with Gasteiger partial charge in [0, 0.05) is 6.07 Å². The van der Waals surface area contributed by atoms with Gasteiger partial charge in [0.2, 0.25) is 5.82 Å². The minimum atomic E-state index is -5.08. The van der Waals surface area contributed by atoms with Gasteiger partial charge < -0.3 is 14.5 Å². The molecule has 3 rings (SSSR count). The molecular weight excluding hydrogens is 349 g/mol. The molecule has 120 valence electrons. The largest absolute Gasteiger partial charge is 0.507 e. The summed E-state index contributed by atoms with van der Waals surface area (Å²) in [6, 6.07) is 0.614. The van der Waals surface area contributed by atoms with Gasteiger partial charge in [-0.2, -0.15) is 30.7 Å². The second-order valence-corrected chi connectivity index (χ2v) is 4.64. The Bertz CT molecular complexity index is 771. The van der Waals surface area contributed by atoms with Gasteiger partial charge in [0.05, 0.1) is 5.02 Å². The van der Waals surface area contributed by atoms with Gasteiger partial charge >= 0.3 is 18.4 Å². The Morgan fingerprint density at radius 2 is 1.68 bits per heavy atom. The van der Waals surface area contributed by atoms with Crippen molar-refractivity contribution >= 4 is 22.6 Å². The number of benzene rings is 1. The van der Waals surface area contributed by atoms with E-state index in [1.165, 1.54) is 0 Å². The molecule has 0 fully saturated rings. The van der Waals surface area contributed by atoms with Crippen LogP contribution in [0, 0.1) is 0 Å². The van der Waals surface area contributed by atoms with E-state index in [1.807, 2.05) is 0 Å². The number of rotatable bonds is 0. The molecular formula is C10H2ClF7N2O2. The number of ether oxygens (including phenoxy) is 2. The maximum Gasteiger partial charge on any atom is 0.507 e. The summed E-state index contributed by atoms with van der Waals surface area (Å²) in [7, 11) is 0. The molecule has 0 saturated heterocycles. The maximum atomic E-state index is 13.1. The molecule has 1 aromatic carbocycles. The molecule has 1 aliphatic heterocycles. The number of nitrogens with zero attached hydrogens (tertiary/aromatic N) is 1. The molecule has 0 amide bonds. The van der Waals surface area contributed by atoms with E-state index in [1.54, 1.807) is 4.98 Å². The lowest BCUT2D eigenvalue weighted by Crippen LogP contribution is -2.52. The number of aromatic amines is 1. The second-order valence-electron chi connectivity index (χ2n) is 4.23. The van der Waals surface area contributed by atoms with Crippen LogP contribution in [0.1, 0.15) is 5.82 Å². The molecule has 12 heteroatoms. The first kappa shape index (κ1) is 15.0. The summed E-state index contributed by atoms with van der Waals surface area (Å²) in [6.45, 7) is 0.